The van der Waals surface area contributed by atoms with Crippen LogP contribution in [-0.2, 0) is 11.3 Å². The quantitative estimate of drug-likeness (QED) is 0.0549. The van der Waals surface area contributed by atoms with Crippen molar-refractivity contribution in [3.63, 3.8) is 0 Å². The molecule has 7 nitrogen and oxygen atoms in total. The predicted octanol–water partition coefficient (Wildman–Crippen LogP) is 7.34. The Hall–Kier alpha value is -4.22. The first-order valence-electron chi connectivity index (χ1n) is 13.4. The van der Waals surface area contributed by atoms with Gasteiger partial charge in [0.25, 0.3) is 5.91 Å². The average Bonchev–Trinajstić information content (AvgIpc) is 3.42. The molecule has 6 aromatic rings. The molecule has 0 bridgehead atoms. The smallest absolute Gasteiger partial charge is 0.250 e. The van der Waals surface area contributed by atoms with E-state index in [0.29, 0.717) is 11.7 Å². The van der Waals surface area contributed by atoms with Crippen LogP contribution < -0.4 is 10.7 Å². The molecule has 0 radical (unpaired) electrons. The van der Waals surface area contributed by atoms with Gasteiger partial charge in [-0.25, -0.2) is 5.43 Å². The Labute approximate surface area is 261 Å². The summed E-state index contributed by atoms with van der Waals surface area (Å²) in [5.41, 5.74) is 6.81. The van der Waals surface area contributed by atoms with Gasteiger partial charge >= 0.3 is 0 Å². The number of hydrogen-bond donors (Lipinski definition) is 2. The number of aromatic nitrogens is 3. The van der Waals surface area contributed by atoms with Gasteiger partial charge in [-0.2, -0.15) is 5.10 Å². The Balaban J connectivity index is 1.17. The Bertz CT molecular complexity index is 1870. The number of anilines is 1. The number of hydrazone groups is 1. The summed E-state index contributed by atoms with van der Waals surface area (Å²) in [6.45, 7) is 2.57. The molecule has 2 N–H and O–H groups in total. The van der Waals surface area contributed by atoms with E-state index in [4.69, 9.17) is 0 Å². The molecule has 0 spiro atoms. The van der Waals surface area contributed by atoms with E-state index >= 15 is 0 Å². The highest BCUT2D eigenvalue weighted by Gasteiger charge is 2.16. The van der Waals surface area contributed by atoms with E-state index in [1.807, 2.05) is 59.2 Å². The van der Waals surface area contributed by atoms with Gasteiger partial charge in [0.05, 0.1) is 18.5 Å². The van der Waals surface area contributed by atoms with Gasteiger partial charge in [-0.05, 0) is 93.0 Å². The van der Waals surface area contributed by atoms with Crippen LogP contribution in [0.15, 0.2) is 113 Å². The maximum Gasteiger partial charge on any atom is 0.250 e. The molecule has 0 fully saturated rings. The number of aryl methyl sites for hydroxylation is 1. The second-order valence-corrected chi connectivity index (χ2v) is 11.9. The van der Waals surface area contributed by atoms with Crippen LogP contribution >= 0.6 is 34.4 Å². The Kier molecular flexibility index (Phi) is 8.47. The molecule has 0 aliphatic carbocycles. The maximum absolute atomic E-state index is 12.8. The minimum atomic E-state index is -0.224. The fourth-order valence-corrected chi connectivity index (χ4v) is 6.27. The molecule has 0 aliphatic heterocycles. The molecule has 208 valence electrons. The number of thioether (sulfide) groups is 1. The van der Waals surface area contributed by atoms with Crippen LogP contribution in [0.5, 0.6) is 0 Å². The molecule has 0 saturated carbocycles. The van der Waals surface area contributed by atoms with Crippen molar-refractivity contribution in [3.8, 4) is 5.69 Å². The number of carbonyl (C=O) groups is 1. The van der Waals surface area contributed by atoms with E-state index in [9.17, 15) is 4.79 Å². The summed E-state index contributed by atoms with van der Waals surface area (Å²) in [6.07, 6.45) is 1.73. The van der Waals surface area contributed by atoms with Gasteiger partial charge in [0.2, 0.25) is 0 Å². The Morgan fingerprint density at radius 2 is 1.60 bits per heavy atom. The van der Waals surface area contributed by atoms with Gasteiger partial charge in [0.1, 0.15) is 0 Å². The molecule has 1 amide bonds. The number of para-hydroxylation sites is 1. The lowest BCUT2D eigenvalue weighted by atomic mass is 9.97. The third-order valence-corrected chi connectivity index (χ3v) is 8.47. The zero-order chi connectivity index (χ0) is 28.9. The van der Waals surface area contributed by atoms with Crippen LogP contribution in [0.2, 0.25) is 0 Å². The summed E-state index contributed by atoms with van der Waals surface area (Å²) < 4.78 is 3.17. The highest BCUT2D eigenvalue weighted by molar-refractivity contribution is 14.1. The molecule has 42 heavy (non-hydrogen) atoms. The predicted molar refractivity (Wildman–Crippen MR) is 180 cm³/mol. The number of halogens is 1. The van der Waals surface area contributed by atoms with E-state index in [1.54, 1.807) is 6.21 Å². The lowest BCUT2D eigenvalue weighted by molar-refractivity contribution is -0.118. The van der Waals surface area contributed by atoms with Crippen LogP contribution in [0.25, 0.3) is 27.2 Å². The molecule has 0 saturated heterocycles. The van der Waals surface area contributed by atoms with Crippen LogP contribution in [-0.4, -0.2) is 32.6 Å². The lowest BCUT2D eigenvalue weighted by Gasteiger charge is -2.12. The van der Waals surface area contributed by atoms with E-state index in [0.717, 1.165) is 49.9 Å². The van der Waals surface area contributed by atoms with Crippen molar-refractivity contribution in [1.82, 2.24) is 20.2 Å². The molecule has 0 unspecified atom stereocenters. The molecule has 0 aliphatic rings. The van der Waals surface area contributed by atoms with Crippen molar-refractivity contribution in [2.75, 3.05) is 11.1 Å². The summed E-state index contributed by atoms with van der Waals surface area (Å²) in [5.74, 6) is 0.669. The van der Waals surface area contributed by atoms with Gasteiger partial charge < -0.3 is 5.32 Å². The van der Waals surface area contributed by atoms with Crippen LogP contribution in [0.4, 0.5) is 5.69 Å². The van der Waals surface area contributed by atoms with Crippen LogP contribution in [0, 0.1) is 10.5 Å². The zero-order valence-corrected chi connectivity index (χ0v) is 25.8. The summed E-state index contributed by atoms with van der Waals surface area (Å²) in [4.78, 5) is 12.8. The van der Waals surface area contributed by atoms with Crippen molar-refractivity contribution >= 4 is 73.7 Å². The van der Waals surface area contributed by atoms with Gasteiger partial charge in [0.15, 0.2) is 11.0 Å². The van der Waals surface area contributed by atoms with Gasteiger partial charge in [-0.1, -0.05) is 78.5 Å². The second kappa shape index (κ2) is 12.7. The second-order valence-electron chi connectivity index (χ2n) is 9.70. The zero-order valence-electron chi connectivity index (χ0n) is 22.8. The average molecular weight is 683 g/mol. The van der Waals surface area contributed by atoms with E-state index < -0.39 is 0 Å². The van der Waals surface area contributed by atoms with E-state index in [-0.39, 0.29) is 11.7 Å². The monoisotopic (exact) mass is 682 g/mol. The normalized spacial score (nSPS) is 11.4. The molecule has 6 rings (SSSR count). The van der Waals surface area contributed by atoms with Crippen molar-refractivity contribution in [2.24, 2.45) is 5.10 Å². The van der Waals surface area contributed by atoms with Gasteiger partial charge in [-0.3, -0.25) is 9.36 Å². The SMILES string of the molecule is Cc1cc(I)ccc1NCc1nnc(SCC(=O)NN=Cc2c3ccccc3cc3ccccc23)n1-c1ccccc1. The lowest BCUT2D eigenvalue weighted by Crippen LogP contribution is -2.20. The number of rotatable bonds is 9. The van der Waals surface area contributed by atoms with Crippen molar-refractivity contribution in [2.45, 2.75) is 18.6 Å². The molecular weight excluding hydrogens is 655 g/mol. The number of benzene rings is 5. The number of fused-ring (bicyclic) bond motifs is 2. The summed E-state index contributed by atoms with van der Waals surface area (Å²) in [5, 5.41) is 21.7. The first-order valence-corrected chi connectivity index (χ1v) is 15.5. The first kappa shape index (κ1) is 27.9. The molecule has 9 heteroatoms. The summed E-state index contributed by atoms with van der Waals surface area (Å²) in [7, 11) is 0. The number of carbonyl (C=O) groups excluding carboxylic acids is 1. The van der Waals surface area contributed by atoms with Crippen LogP contribution in [0.1, 0.15) is 17.0 Å². The van der Waals surface area contributed by atoms with Gasteiger partial charge in [-0.15, -0.1) is 10.2 Å². The maximum atomic E-state index is 12.8. The van der Waals surface area contributed by atoms with Crippen LogP contribution in [0.3, 0.4) is 0 Å². The fourth-order valence-electron chi connectivity index (χ4n) is 4.86. The number of hydrogen-bond acceptors (Lipinski definition) is 6. The van der Waals surface area contributed by atoms with E-state index in [2.05, 4.69) is 104 Å². The minimum absolute atomic E-state index is 0.141. The van der Waals surface area contributed by atoms with Gasteiger partial charge in [0, 0.05) is 20.5 Å². The number of nitrogens with one attached hydrogen (secondary N) is 2. The number of amides is 1. The van der Waals surface area contributed by atoms with Crippen molar-refractivity contribution < 1.29 is 4.79 Å². The minimum Gasteiger partial charge on any atom is -0.378 e. The Morgan fingerprint density at radius 1 is 0.905 bits per heavy atom. The third-order valence-electron chi connectivity index (χ3n) is 6.87. The highest BCUT2D eigenvalue weighted by atomic mass is 127. The van der Waals surface area contributed by atoms with Crippen molar-refractivity contribution in [1.29, 1.82) is 0 Å². The summed E-state index contributed by atoms with van der Waals surface area (Å²) in [6, 6.07) is 34.8. The highest BCUT2D eigenvalue weighted by Crippen LogP contribution is 2.27. The first-order chi connectivity index (χ1) is 20.6. The Morgan fingerprint density at radius 3 is 2.31 bits per heavy atom. The fraction of sp³-hybridized carbons (Fsp3) is 0.0909. The largest absolute Gasteiger partial charge is 0.378 e. The topological polar surface area (TPSA) is 84.2 Å². The summed E-state index contributed by atoms with van der Waals surface area (Å²) >= 11 is 3.64. The standard InChI is InChI=1S/C33H27IN6OS/c1-22-17-25(34)15-16-30(22)35-20-31-37-39-33(40(31)26-11-3-2-4-12-26)42-21-32(41)38-36-19-29-27-13-7-5-9-23(27)18-24-10-6-8-14-28(24)29/h2-19,35H,20-21H2,1H3,(H,38,41). The number of nitrogens with zero attached hydrogens (tertiary/aromatic N) is 4. The molecule has 5 aromatic carbocycles. The molecule has 0 atom stereocenters. The molecular formula is C33H27IN6OS. The van der Waals surface area contributed by atoms with Crippen molar-refractivity contribution in [3.05, 3.63) is 124 Å². The molecule has 1 heterocycles. The third kappa shape index (κ3) is 6.17. The van der Waals surface area contributed by atoms with E-state index in [1.165, 1.54) is 15.3 Å². The molecule has 1 aromatic heterocycles.